The molecular formula is C10H10N2O2. The molecular weight excluding hydrogens is 180 g/mol. The van der Waals surface area contributed by atoms with Crippen molar-refractivity contribution in [3.8, 4) is 11.1 Å². The van der Waals surface area contributed by atoms with Gasteiger partial charge in [-0.2, -0.15) is 5.10 Å². The lowest BCUT2D eigenvalue weighted by atomic mass is 10.1. The van der Waals surface area contributed by atoms with Crippen LogP contribution >= 0.6 is 0 Å². The Kier molecular flexibility index (Phi) is 1.96. The fraction of sp³-hybridized carbons (Fsp3) is 0.200. The molecule has 0 saturated heterocycles. The molecule has 0 aliphatic rings. The minimum Gasteiger partial charge on any atom is -0.461 e. The Morgan fingerprint density at radius 2 is 2.29 bits per heavy atom. The second-order valence-corrected chi connectivity index (χ2v) is 3.12. The van der Waals surface area contributed by atoms with Crippen LogP contribution in [0, 0.1) is 6.92 Å². The number of furan rings is 1. The molecule has 2 heterocycles. The first-order chi connectivity index (χ1) is 6.72. The van der Waals surface area contributed by atoms with Gasteiger partial charge in [0.2, 0.25) is 0 Å². The summed E-state index contributed by atoms with van der Waals surface area (Å²) in [5.74, 6) is 0.348. The van der Waals surface area contributed by atoms with Crippen molar-refractivity contribution in [3.63, 3.8) is 0 Å². The average Bonchev–Trinajstić information content (AvgIpc) is 2.71. The zero-order valence-corrected chi connectivity index (χ0v) is 8.02. The summed E-state index contributed by atoms with van der Waals surface area (Å²) in [7, 11) is 1.84. The minimum absolute atomic E-state index is 0.348. The van der Waals surface area contributed by atoms with Gasteiger partial charge >= 0.3 is 0 Å². The highest BCUT2D eigenvalue weighted by atomic mass is 16.3. The van der Waals surface area contributed by atoms with E-state index >= 15 is 0 Å². The van der Waals surface area contributed by atoms with Gasteiger partial charge in [-0.1, -0.05) is 0 Å². The predicted molar refractivity (Wildman–Crippen MR) is 51.0 cm³/mol. The van der Waals surface area contributed by atoms with E-state index in [0.717, 1.165) is 16.8 Å². The highest BCUT2D eigenvalue weighted by Crippen LogP contribution is 2.25. The van der Waals surface area contributed by atoms with E-state index < -0.39 is 0 Å². The topological polar surface area (TPSA) is 48.0 Å². The van der Waals surface area contributed by atoms with E-state index in [1.54, 1.807) is 10.7 Å². The average molecular weight is 190 g/mol. The van der Waals surface area contributed by atoms with Gasteiger partial charge in [-0.05, 0) is 13.0 Å². The smallest absolute Gasteiger partial charge is 0.185 e. The summed E-state index contributed by atoms with van der Waals surface area (Å²) in [6.07, 6.45) is 4.08. The quantitative estimate of drug-likeness (QED) is 0.678. The summed E-state index contributed by atoms with van der Waals surface area (Å²) >= 11 is 0. The number of nitrogens with zero attached hydrogens (tertiary/aromatic N) is 2. The third-order valence-corrected chi connectivity index (χ3v) is 2.11. The SMILES string of the molecule is Cc1nn(C)cc1-c1ccoc1C=O. The standard InChI is InChI=1S/C10H10N2O2/c1-7-9(5-12(2)11-7)8-3-4-14-10(8)6-13/h3-6H,1-2H3. The van der Waals surface area contributed by atoms with Crippen molar-refractivity contribution in [3.05, 3.63) is 30.0 Å². The van der Waals surface area contributed by atoms with Crippen molar-refractivity contribution in [2.75, 3.05) is 0 Å². The molecule has 0 aliphatic heterocycles. The van der Waals surface area contributed by atoms with Crippen LogP contribution in [0.15, 0.2) is 22.9 Å². The number of hydrogen-bond acceptors (Lipinski definition) is 3. The van der Waals surface area contributed by atoms with Crippen LogP contribution in [0.1, 0.15) is 16.2 Å². The molecule has 0 atom stereocenters. The van der Waals surface area contributed by atoms with Crippen LogP contribution in [0.2, 0.25) is 0 Å². The molecule has 0 saturated carbocycles. The highest BCUT2D eigenvalue weighted by molar-refractivity contribution is 5.84. The molecule has 0 fully saturated rings. The molecule has 4 heteroatoms. The highest BCUT2D eigenvalue weighted by Gasteiger charge is 2.12. The summed E-state index contributed by atoms with van der Waals surface area (Å²) in [5.41, 5.74) is 2.62. The Bertz CT molecular complexity index is 468. The molecule has 0 radical (unpaired) electrons. The molecule has 0 N–H and O–H groups in total. The van der Waals surface area contributed by atoms with E-state index in [0.29, 0.717) is 12.0 Å². The van der Waals surface area contributed by atoms with Crippen molar-refractivity contribution >= 4 is 6.29 Å². The van der Waals surface area contributed by atoms with Gasteiger partial charge in [0.25, 0.3) is 0 Å². The zero-order valence-electron chi connectivity index (χ0n) is 8.02. The Labute approximate surface area is 81.1 Å². The van der Waals surface area contributed by atoms with E-state index in [1.807, 2.05) is 20.2 Å². The van der Waals surface area contributed by atoms with Crippen LogP contribution in [-0.2, 0) is 7.05 Å². The Morgan fingerprint density at radius 1 is 1.50 bits per heavy atom. The van der Waals surface area contributed by atoms with Crippen LogP contribution < -0.4 is 0 Å². The lowest BCUT2D eigenvalue weighted by molar-refractivity contribution is 0.110. The summed E-state index contributed by atoms with van der Waals surface area (Å²) in [6.45, 7) is 1.90. The Morgan fingerprint density at radius 3 is 2.86 bits per heavy atom. The predicted octanol–water partition coefficient (Wildman–Crippen LogP) is 1.80. The van der Waals surface area contributed by atoms with Gasteiger partial charge in [0.1, 0.15) is 0 Å². The minimum atomic E-state index is 0.348. The number of aryl methyl sites for hydroxylation is 2. The molecule has 0 bridgehead atoms. The third kappa shape index (κ3) is 1.25. The lowest BCUT2D eigenvalue weighted by Gasteiger charge is -1.93. The maximum absolute atomic E-state index is 10.7. The van der Waals surface area contributed by atoms with Crippen molar-refractivity contribution in [1.29, 1.82) is 0 Å². The molecule has 2 aromatic rings. The fourth-order valence-corrected chi connectivity index (χ4v) is 1.50. The van der Waals surface area contributed by atoms with Gasteiger partial charge < -0.3 is 4.42 Å². The largest absolute Gasteiger partial charge is 0.461 e. The molecule has 0 aromatic carbocycles. The van der Waals surface area contributed by atoms with Gasteiger partial charge in [0.05, 0.1) is 12.0 Å². The number of rotatable bonds is 2. The van der Waals surface area contributed by atoms with Crippen LogP contribution in [0.25, 0.3) is 11.1 Å². The second kappa shape index (κ2) is 3.14. The van der Waals surface area contributed by atoms with Crippen molar-refractivity contribution in [2.45, 2.75) is 6.92 Å². The number of aromatic nitrogens is 2. The number of carbonyl (C=O) groups is 1. The van der Waals surface area contributed by atoms with E-state index in [2.05, 4.69) is 5.10 Å². The van der Waals surface area contributed by atoms with E-state index in [9.17, 15) is 4.79 Å². The normalized spacial score (nSPS) is 10.4. The molecule has 14 heavy (non-hydrogen) atoms. The third-order valence-electron chi connectivity index (χ3n) is 2.11. The van der Waals surface area contributed by atoms with E-state index in [1.165, 1.54) is 6.26 Å². The van der Waals surface area contributed by atoms with Gasteiger partial charge in [-0.15, -0.1) is 0 Å². The van der Waals surface area contributed by atoms with Gasteiger partial charge in [0.15, 0.2) is 12.0 Å². The number of aldehydes is 1. The number of hydrogen-bond donors (Lipinski definition) is 0. The van der Waals surface area contributed by atoms with Crippen LogP contribution in [0.5, 0.6) is 0 Å². The first-order valence-electron chi connectivity index (χ1n) is 4.25. The first-order valence-corrected chi connectivity index (χ1v) is 4.25. The van der Waals surface area contributed by atoms with Crippen molar-refractivity contribution in [2.24, 2.45) is 7.05 Å². The maximum Gasteiger partial charge on any atom is 0.185 e. The van der Waals surface area contributed by atoms with E-state index in [4.69, 9.17) is 4.42 Å². The molecule has 2 aromatic heterocycles. The van der Waals surface area contributed by atoms with Crippen LogP contribution in [0.3, 0.4) is 0 Å². The molecule has 2 rings (SSSR count). The van der Waals surface area contributed by atoms with E-state index in [-0.39, 0.29) is 0 Å². The summed E-state index contributed by atoms with van der Waals surface area (Å²) in [6, 6.07) is 1.77. The summed E-state index contributed by atoms with van der Waals surface area (Å²) in [4.78, 5) is 10.7. The molecule has 0 aliphatic carbocycles. The zero-order chi connectivity index (χ0) is 10.1. The molecule has 0 amide bonds. The van der Waals surface area contributed by atoms with Crippen molar-refractivity contribution < 1.29 is 9.21 Å². The van der Waals surface area contributed by atoms with Crippen LogP contribution in [-0.4, -0.2) is 16.1 Å². The van der Waals surface area contributed by atoms with Gasteiger partial charge in [-0.25, -0.2) is 0 Å². The lowest BCUT2D eigenvalue weighted by Crippen LogP contribution is -1.86. The molecule has 4 nitrogen and oxygen atoms in total. The van der Waals surface area contributed by atoms with Crippen LogP contribution in [0.4, 0.5) is 0 Å². The maximum atomic E-state index is 10.7. The molecule has 0 spiro atoms. The number of carbonyl (C=O) groups excluding carboxylic acids is 1. The van der Waals surface area contributed by atoms with Gasteiger partial charge in [0, 0.05) is 24.4 Å². The first kappa shape index (κ1) is 8.74. The van der Waals surface area contributed by atoms with Gasteiger partial charge in [-0.3, -0.25) is 9.48 Å². The Balaban J connectivity index is 2.59. The molecule has 72 valence electrons. The summed E-state index contributed by atoms with van der Waals surface area (Å²) in [5, 5.41) is 4.20. The van der Waals surface area contributed by atoms with Crippen molar-refractivity contribution in [1.82, 2.24) is 9.78 Å². The fourth-order valence-electron chi connectivity index (χ4n) is 1.50. The Hall–Kier alpha value is -1.84. The second-order valence-electron chi connectivity index (χ2n) is 3.12. The monoisotopic (exact) mass is 190 g/mol. The summed E-state index contributed by atoms with van der Waals surface area (Å²) < 4.78 is 6.74. The molecule has 0 unspecified atom stereocenters.